The summed E-state index contributed by atoms with van der Waals surface area (Å²) in [5.41, 5.74) is 4.46. The van der Waals surface area contributed by atoms with Gasteiger partial charge in [0.05, 0.1) is 21.5 Å². The first-order chi connectivity index (χ1) is 15.8. The molecule has 170 valence electrons. The maximum absolute atomic E-state index is 13.1. The van der Waals surface area contributed by atoms with E-state index in [0.717, 1.165) is 57.4 Å². The Bertz CT molecular complexity index is 1420. The summed E-state index contributed by atoms with van der Waals surface area (Å²) >= 11 is 1.61. The Morgan fingerprint density at radius 3 is 2.52 bits per heavy atom. The van der Waals surface area contributed by atoms with Gasteiger partial charge in [0.1, 0.15) is 10.8 Å². The monoisotopic (exact) mass is 480 g/mol. The predicted octanol–water partition coefficient (Wildman–Crippen LogP) is 4.67. The summed E-state index contributed by atoms with van der Waals surface area (Å²) in [5, 5.41) is 3.84. The summed E-state index contributed by atoms with van der Waals surface area (Å²) in [5.74, 6) is 0.484. The Labute approximate surface area is 196 Å². The van der Waals surface area contributed by atoms with Crippen LogP contribution in [0.4, 0.5) is 5.00 Å². The van der Waals surface area contributed by atoms with Crippen molar-refractivity contribution in [3.8, 4) is 11.4 Å². The number of para-hydroxylation sites is 2. The molecule has 5 rings (SSSR count). The van der Waals surface area contributed by atoms with Gasteiger partial charge in [-0.1, -0.05) is 12.1 Å². The van der Waals surface area contributed by atoms with Crippen LogP contribution in [0.1, 0.15) is 33.6 Å². The van der Waals surface area contributed by atoms with Gasteiger partial charge in [0.15, 0.2) is 0 Å². The molecule has 1 aliphatic carbocycles. The molecule has 0 saturated heterocycles. The molecule has 4 aromatic rings. The van der Waals surface area contributed by atoms with Crippen LogP contribution in [0.25, 0.3) is 22.4 Å². The molecule has 0 spiro atoms. The minimum Gasteiger partial charge on any atom is -0.338 e. The normalized spacial score (nSPS) is 13.9. The topological polar surface area (TPSA) is 95.2 Å². The highest BCUT2D eigenvalue weighted by atomic mass is 32.2. The van der Waals surface area contributed by atoms with Gasteiger partial charge in [-0.25, -0.2) is 17.7 Å². The van der Waals surface area contributed by atoms with Crippen molar-refractivity contribution >= 4 is 43.3 Å². The molecular weight excluding hydrogens is 456 g/mol. The lowest BCUT2D eigenvalue weighted by Crippen LogP contribution is -2.22. The van der Waals surface area contributed by atoms with E-state index in [2.05, 4.69) is 10.3 Å². The number of nitrogens with zero attached hydrogens (tertiary/aromatic N) is 2. The number of thiophene rings is 1. The molecule has 0 radical (unpaired) electrons. The zero-order valence-electron chi connectivity index (χ0n) is 18.4. The van der Waals surface area contributed by atoms with Crippen LogP contribution in [0, 0.1) is 0 Å². The van der Waals surface area contributed by atoms with Crippen molar-refractivity contribution in [3.05, 3.63) is 64.5 Å². The van der Waals surface area contributed by atoms with Gasteiger partial charge in [0.2, 0.25) is 10.0 Å². The Hall–Kier alpha value is -3.01. The van der Waals surface area contributed by atoms with Crippen molar-refractivity contribution in [3.63, 3.8) is 0 Å². The molecule has 0 unspecified atom stereocenters. The van der Waals surface area contributed by atoms with Crippen LogP contribution in [0.15, 0.2) is 53.4 Å². The molecule has 0 bridgehead atoms. The molecule has 2 heterocycles. The van der Waals surface area contributed by atoms with Crippen molar-refractivity contribution in [1.82, 2.24) is 14.3 Å². The minimum atomic E-state index is -3.54. The number of aromatic nitrogens is 2. The Balaban J connectivity index is 1.50. The third-order valence-electron chi connectivity index (χ3n) is 5.92. The number of nitrogens with one attached hydrogen (secondary N) is 2. The fourth-order valence-corrected chi connectivity index (χ4v) is 6.33. The number of aryl methyl sites for hydroxylation is 1. The number of hydrogen-bond acceptors (Lipinski definition) is 5. The summed E-state index contributed by atoms with van der Waals surface area (Å²) in [7, 11) is -0.584. The average Bonchev–Trinajstić information content (AvgIpc) is 3.39. The highest BCUT2D eigenvalue weighted by Crippen LogP contribution is 2.43. The predicted molar refractivity (Wildman–Crippen MR) is 131 cm³/mol. The second kappa shape index (κ2) is 8.40. The number of H-pyrrole nitrogens is 1. The van der Waals surface area contributed by atoms with Crippen molar-refractivity contribution in [2.45, 2.75) is 30.6 Å². The van der Waals surface area contributed by atoms with E-state index in [4.69, 9.17) is 4.98 Å². The van der Waals surface area contributed by atoms with Gasteiger partial charge in [-0.3, -0.25) is 4.79 Å². The minimum absolute atomic E-state index is 0.151. The molecule has 2 aromatic carbocycles. The summed E-state index contributed by atoms with van der Waals surface area (Å²) < 4.78 is 25.8. The Morgan fingerprint density at radius 1 is 1.06 bits per heavy atom. The quantitative estimate of drug-likeness (QED) is 0.434. The van der Waals surface area contributed by atoms with E-state index in [9.17, 15) is 13.2 Å². The van der Waals surface area contributed by atoms with Crippen molar-refractivity contribution in [2.75, 3.05) is 19.4 Å². The molecule has 0 aliphatic heterocycles. The van der Waals surface area contributed by atoms with Gasteiger partial charge in [-0.2, -0.15) is 0 Å². The van der Waals surface area contributed by atoms with E-state index in [1.807, 2.05) is 24.3 Å². The zero-order valence-corrected chi connectivity index (χ0v) is 20.0. The lowest BCUT2D eigenvalue weighted by Gasteiger charge is -2.12. The summed E-state index contributed by atoms with van der Waals surface area (Å²) in [6.45, 7) is 0. The van der Waals surface area contributed by atoms with Crippen molar-refractivity contribution in [2.24, 2.45) is 0 Å². The number of carbonyl (C=O) groups is 1. The molecular formula is C24H24N4O3S2. The van der Waals surface area contributed by atoms with Crippen LogP contribution in [-0.4, -0.2) is 42.7 Å². The third kappa shape index (κ3) is 3.96. The van der Waals surface area contributed by atoms with Gasteiger partial charge in [-0.15, -0.1) is 11.3 Å². The lowest BCUT2D eigenvalue weighted by atomic mass is 9.95. The SMILES string of the molecule is CN(C)S(=O)(=O)c1ccc(C(=O)Nc2sc3c(c2-c2nc4ccccc4[nH]2)CCCC3)cc1. The van der Waals surface area contributed by atoms with Crippen LogP contribution in [0.3, 0.4) is 0 Å². The standard InChI is InChI=1S/C24H24N4O3S2/c1-28(2)33(30,31)16-13-11-15(12-14-16)23(29)27-24-21(17-7-3-6-10-20(17)32-24)22-25-18-8-4-5-9-19(18)26-22/h4-5,8-9,11-14H,3,6-7,10H2,1-2H3,(H,25,26)(H,27,29). The second-order valence-corrected chi connectivity index (χ2v) is 11.5. The average molecular weight is 481 g/mol. The summed E-state index contributed by atoms with van der Waals surface area (Å²) in [6.07, 6.45) is 4.22. The number of rotatable bonds is 5. The number of hydrogen-bond donors (Lipinski definition) is 2. The first-order valence-electron chi connectivity index (χ1n) is 10.8. The van der Waals surface area contributed by atoms with Crippen molar-refractivity contribution in [1.29, 1.82) is 0 Å². The van der Waals surface area contributed by atoms with E-state index in [1.54, 1.807) is 23.5 Å². The van der Waals surface area contributed by atoms with Crippen LogP contribution >= 0.6 is 11.3 Å². The first kappa shape index (κ1) is 21.8. The van der Waals surface area contributed by atoms with E-state index >= 15 is 0 Å². The molecule has 33 heavy (non-hydrogen) atoms. The van der Waals surface area contributed by atoms with Crippen LogP contribution in [-0.2, 0) is 22.9 Å². The van der Waals surface area contributed by atoms with E-state index < -0.39 is 10.0 Å². The molecule has 0 saturated carbocycles. The number of imidazole rings is 1. The molecule has 1 amide bonds. The fourth-order valence-electron chi connectivity index (χ4n) is 4.14. The number of sulfonamides is 1. The number of aromatic amines is 1. The third-order valence-corrected chi connectivity index (χ3v) is 8.96. The number of fused-ring (bicyclic) bond motifs is 2. The van der Waals surface area contributed by atoms with Crippen molar-refractivity contribution < 1.29 is 13.2 Å². The number of benzene rings is 2. The van der Waals surface area contributed by atoms with E-state index in [0.29, 0.717) is 5.56 Å². The Kier molecular flexibility index (Phi) is 5.55. The summed E-state index contributed by atoms with van der Waals surface area (Å²) in [6, 6.07) is 13.9. The van der Waals surface area contributed by atoms with E-state index in [-0.39, 0.29) is 10.8 Å². The zero-order chi connectivity index (χ0) is 23.2. The highest BCUT2D eigenvalue weighted by molar-refractivity contribution is 7.89. The molecule has 2 aromatic heterocycles. The fraction of sp³-hybridized carbons (Fsp3) is 0.250. The highest BCUT2D eigenvalue weighted by Gasteiger charge is 2.25. The number of amides is 1. The smallest absolute Gasteiger partial charge is 0.256 e. The van der Waals surface area contributed by atoms with Crippen LogP contribution < -0.4 is 5.32 Å². The number of carbonyl (C=O) groups excluding carboxylic acids is 1. The van der Waals surface area contributed by atoms with Gasteiger partial charge in [-0.05, 0) is 67.6 Å². The summed E-state index contributed by atoms with van der Waals surface area (Å²) in [4.78, 5) is 22.7. The van der Waals surface area contributed by atoms with E-state index in [1.165, 1.54) is 36.7 Å². The largest absolute Gasteiger partial charge is 0.338 e. The second-order valence-electron chi connectivity index (χ2n) is 8.28. The number of anilines is 1. The molecule has 1 aliphatic rings. The lowest BCUT2D eigenvalue weighted by molar-refractivity contribution is 0.102. The molecule has 0 fully saturated rings. The maximum Gasteiger partial charge on any atom is 0.256 e. The first-order valence-corrected chi connectivity index (χ1v) is 13.0. The Morgan fingerprint density at radius 2 is 1.79 bits per heavy atom. The molecule has 2 N–H and O–H groups in total. The molecule has 9 heteroatoms. The molecule has 7 nitrogen and oxygen atoms in total. The van der Waals surface area contributed by atoms with Gasteiger partial charge in [0.25, 0.3) is 5.91 Å². The van der Waals surface area contributed by atoms with Gasteiger partial charge in [0, 0.05) is 24.5 Å². The van der Waals surface area contributed by atoms with Crippen LogP contribution in [0.5, 0.6) is 0 Å². The van der Waals surface area contributed by atoms with Crippen LogP contribution in [0.2, 0.25) is 0 Å². The maximum atomic E-state index is 13.1. The van der Waals surface area contributed by atoms with Gasteiger partial charge < -0.3 is 10.3 Å². The van der Waals surface area contributed by atoms with Gasteiger partial charge >= 0.3 is 0 Å². The molecule has 0 atom stereocenters.